The van der Waals surface area contributed by atoms with Gasteiger partial charge < -0.3 is 12.4 Å². The van der Waals surface area contributed by atoms with E-state index in [4.69, 9.17) is 0 Å². The predicted molar refractivity (Wildman–Crippen MR) is 130 cm³/mol. The lowest BCUT2D eigenvalue weighted by Gasteiger charge is -2.28. The van der Waals surface area contributed by atoms with Crippen molar-refractivity contribution in [1.82, 2.24) is 0 Å². The summed E-state index contributed by atoms with van der Waals surface area (Å²) in [5, 5.41) is 4.32. The Balaban J connectivity index is 0.00000256. The summed E-state index contributed by atoms with van der Waals surface area (Å²) in [6.07, 6.45) is 1.04. The Bertz CT molecular complexity index is 993. The number of halogens is 1. The molecule has 0 aromatic heterocycles. The van der Waals surface area contributed by atoms with E-state index in [1.807, 2.05) is 0 Å². The monoisotopic (exact) mass is 430 g/mol. The van der Waals surface area contributed by atoms with Crippen molar-refractivity contribution in [2.75, 3.05) is 0 Å². The van der Waals surface area contributed by atoms with Crippen LogP contribution in [0.4, 0.5) is 0 Å². The summed E-state index contributed by atoms with van der Waals surface area (Å²) < 4.78 is 0. The maximum atomic E-state index is 2.35. The molecule has 0 heterocycles. The van der Waals surface area contributed by atoms with Gasteiger partial charge in [-0.25, -0.2) is 0 Å². The Morgan fingerprint density at radius 3 is 1.30 bits per heavy atom. The lowest BCUT2D eigenvalue weighted by Crippen LogP contribution is -3.00. The molecule has 0 amide bonds. The lowest BCUT2D eigenvalue weighted by molar-refractivity contribution is -0.00000585. The van der Waals surface area contributed by atoms with E-state index < -0.39 is 7.26 Å². The molecule has 0 unspecified atom stereocenters. The van der Waals surface area contributed by atoms with Gasteiger partial charge in [0.05, 0.1) is 6.16 Å². The van der Waals surface area contributed by atoms with Gasteiger partial charge in [0.1, 0.15) is 23.2 Å². The molecule has 0 nitrogen and oxygen atoms in total. The van der Waals surface area contributed by atoms with Crippen LogP contribution < -0.4 is 28.3 Å². The largest absolute Gasteiger partial charge is 1.00 e. The molecule has 4 aromatic carbocycles. The van der Waals surface area contributed by atoms with Crippen molar-refractivity contribution in [3.8, 4) is 0 Å². The summed E-state index contributed by atoms with van der Waals surface area (Å²) in [4.78, 5) is 0. The highest BCUT2D eigenvalue weighted by molar-refractivity contribution is 7.95. The average Bonchev–Trinajstić information content (AvgIpc) is 2.79. The van der Waals surface area contributed by atoms with Crippen LogP contribution in [0.25, 0.3) is 0 Å². The minimum Gasteiger partial charge on any atom is -1.00 e. The van der Waals surface area contributed by atoms with Gasteiger partial charge in [0.25, 0.3) is 0 Å². The number of rotatable bonds is 5. The van der Waals surface area contributed by atoms with Crippen LogP contribution in [-0.2, 0) is 6.16 Å². The smallest absolute Gasteiger partial charge is 0.116 e. The van der Waals surface area contributed by atoms with Gasteiger partial charge in [-0.05, 0) is 79.4 Å². The molecule has 0 atom stereocenters. The summed E-state index contributed by atoms with van der Waals surface area (Å²) in [6.45, 7) is 6.75. The van der Waals surface area contributed by atoms with Gasteiger partial charge in [0, 0.05) is 0 Å². The third kappa shape index (κ3) is 4.08. The van der Waals surface area contributed by atoms with E-state index in [0.29, 0.717) is 0 Å². The zero-order valence-corrected chi connectivity index (χ0v) is 19.5. The fourth-order valence-electron chi connectivity index (χ4n) is 4.21. The number of aryl methyl sites for hydroxylation is 1. The maximum Gasteiger partial charge on any atom is 0.116 e. The molecule has 152 valence electrons. The van der Waals surface area contributed by atoms with Crippen molar-refractivity contribution in [3.63, 3.8) is 0 Å². The molecule has 30 heavy (non-hydrogen) atoms. The molecule has 2 heteroatoms. The summed E-state index contributed by atoms with van der Waals surface area (Å²) >= 11 is 0. The third-order valence-electron chi connectivity index (χ3n) is 6.17. The van der Waals surface area contributed by atoms with Gasteiger partial charge in [-0.1, -0.05) is 66.7 Å². The summed E-state index contributed by atoms with van der Waals surface area (Å²) in [7, 11) is -1.84. The van der Waals surface area contributed by atoms with Crippen LogP contribution in [0.15, 0.2) is 103 Å². The van der Waals surface area contributed by atoms with Gasteiger partial charge in [0.2, 0.25) is 0 Å². The van der Waals surface area contributed by atoms with Crippen molar-refractivity contribution in [2.24, 2.45) is 0 Å². The van der Waals surface area contributed by atoms with E-state index >= 15 is 0 Å². The molecular weight excluding hydrogens is 403 g/mol. The lowest BCUT2D eigenvalue weighted by atomic mass is 10.00. The molecule has 0 aliphatic carbocycles. The normalized spacial score (nSPS) is 11.0. The van der Waals surface area contributed by atoms with Crippen molar-refractivity contribution < 1.29 is 12.4 Å². The topological polar surface area (TPSA) is 0 Å². The van der Waals surface area contributed by atoms with Gasteiger partial charge >= 0.3 is 0 Å². The fourth-order valence-corrected chi connectivity index (χ4v) is 8.55. The first-order valence-electron chi connectivity index (χ1n) is 10.2. The number of benzene rings is 4. The quantitative estimate of drug-likeness (QED) is 0.427. The number of hydrogen-bond acceptors (Lipinski definition) is 0. The second-order valence-corrected chi connectivity index (χ2v) is 11.3. The predicted octanol–water partition coefficient (Wildman–Crippen LogP) is 3.11. The van der Waals surface area contributed by atoms with Crippen LogP contribution in [-0.4, -0.2) is 0 Å². The van der Waals surface area contributed by atoms with Crippen LogP contribution >= 0.6 is 7.26 Å². The average molecular weight is 431 g/mol. The molecule has 4 aromatic rings. The van der Waals surface area contributed by atoms with Crippen molar-refractivity contribution in [1.29, 1.82) is 0 Å². The highest BCUT2D eigenvalue weighted by Crippen LogP contribution is 2.58. The SMILES string of the molecule is Cc1ccc(C[P+](c2ccccc2)(c2ccccc2)c2ccccc2)c(C)c1C.[Cl-]. The minimum absolute atomic E-state index is 0. The first kappa shape index (κ1) is 22.3. The first-order valence-corrected chi connectivity index (χ1v) is 12.2. The Kier molecular flexibility index (Phi) is 7.14. The molecule has 0 spiro atoms. The molecule has 0 aliphatic rings. The Morgan fingerprint density at radius 2 is 0.900 bits per heavy atom. The maximum absolute atomic E-state index is 2.35. The van der Waals surface area contributed by atoms with Crippen LogP contribution in [0.5, 0.6) is 0 Å². The van der Waals surface area contributed by atoms with E-state index in [2.05, 4.69) is 124 Å². The van der Waals surface area contributed by atoms with E-state index in [9.17, 15) is 0 Å². The minimum atomic E-state index is -1.84. The molecular formula is C28H28ClP. The molecule has 0 aliphatic heterocycles. The van der Waals surface area contributed by atoms with Crippen molar-refractivity contribution in [3.05, 3.63) is 125 Å². The summed E-state index contributed by atoms with van der Waals surface area (Å²) in [5.41, 5.74) is 5.67. The van der Waals surface area contributed by atoms with Crippen LogP contribution in [0, 0.1) is 20.8 Å². The first-order chi connectivity index (χ1) is 14.1. The van der Waals surface area contributed by atoms with Crippen LogP contribution in [0.2, 0.25) is 0 Å². The standard InChI is InChI=1S/C28H28P.ClH/c1-22-19-20-25(24(3)23(22)2)21-29(26-13-7-4-8-14-26,27-15-9-5-10-16-27)28-17-11-6-12-18-28;/h4-20H,21H2,1-3H3;1H/q+1;/p-1. The highest BCUT2D eigenvalue weighted by atomic mass is 35.5. The molecule has 0 saturated carbocycles. The fraction of sp³-hybridized carbons (Fsp3) is 0.143. The summed E-state index contributed by atoms with van der Waals surface area (Å²) in [6, 6.07) is 38.0. The van der Waals surface area contributed by atoms with Crippen LogP contribution in [0.1, 0.15) is 22.3 Å². The molecule has 0 N–H and O–H groups in total. The van der Waals surface area contributed by atoms with Crippen molar-refractivity contribution in [2.45, 2.75) is 26.9 Å². The zero-order chi connectivity index (χ0) is 20.3. The summed E-state index contributed by atoms with van der Waals surface area (Å²) in [5.74, 6) is 0. The van der Waals surface area contributed by atoms with E-state index in [1.165, 1.54) is 38.2 Å². The Labute approximate surface area is 187 Å². The molecule has 0 bridgehead atoms. The second kappa shape index (κ2) is 9.61. The van der Waals surface area contributed by atoms with Crippen molar-refractivity contribution >= 4 is 23.2 Å². The van der Waals surface area contributed by atoms with E-state index in [0.717, 1.165) is 6.16 Å². The zero-order valence-electron chi connectivity index (χ0n) is 17.8. The molecule has 0 saturated heterocycles. The third-order valence-corrected chi connectivity index (χ3v) is 10.5. The van der Waals surface area contributed by atoms with E-state index in [1.54, 1.807) is 0 Å². The Hall–Kier alpha value is -2.40. The van der Waals surface area contributed by atoms with Gasteiger partial charge in [-0.3, -0.25) is 0 Å². The van der Waals surface area contributed by atoms with Crippen LogP contribution in [0.3, 0.4) is 0 Å². The Morgan fingerprint density at radius 1 is 0.500 bits per heavy atom. The van der Waals surface area contributed by atoms with E-state index in [-0.39, 0.29) is 12.4 Å². The highest BCUT2D eigenvalue weighted by Gasteiger charge is 2.45. The van der Waals surface area contributed by atoms with Gasteiger partial charge in [-0.15, -0.1) is 0 Å². The molecule has 4 rings (SSSR count). The van der Waals surface area contributed by atoms with Gasteiger partial charge in [0.15, 0.2) is 0 Å². The van der Waals surface area contributed by atoms with Gasteiger partial charge in [-0.2, -0.15) is 0 Å². The second-order valence-electron chi connectivity index (χ2n) is 7.77. The molecule has 0 fully saturated rings. The molecule has 0 radical (unpaired) electrons. The number of hydrogen-bond donors (Lipinski definition) is 0.